The van der Waals surface area contributed by atoms with Gasteiger partial charge in [0, 0.05) is 12.1 Å². The van der Waals surface area contributed by atoms with Gasteiger partial charge in [0.15, 0.2) is 0 Å². The number of nitrogens with one attached hydrogen (secondary N) is 1. The van der Waals surface area contributed by atoms with Crippen LogP contribution in [0.5, 0.6) is 0 Å². The molecule has 3 N–H and O–H groups in total. The lowest BCUT2D eigenvalue weighted by molar-refractivity contribution is -0.131. The van der Waals surface area contributed by atoms with Crippen molar-refractivity contribution in [3.05, 3.63) is 34.1 Å². The third-order valence-corrected chi connectivity index (χ3v) is 3.15. The average Bonchev–Trinajstić information content (AvgIpc) is 2.37. The first-order valence-corrected chi connectivity index (χ1v) is 6.18. The minimum atomic E-state index is -1.48. The Kier molecular flexibility index (Phi) is 5.08. The third-order valence-electron chi connectivity index (χ3n) is 2.83. The zero-order valence-electron chi connectivity index (χ0n) is 11.0. The molecule has 5 nitrogen and oxygen atoms in total. The topological polar surface area (TPSA) is 86.6 Å². The number of aromatic carboxylic acids is 1. The Balaban J connectivity index is 2.93. The van der Waals surface area contributed by atoms with E-state index >= 15 is 0 Å². The minimum Gasteiger partial charge on any atom is -0.478 e. The molecule has 1 amide bonds. The summed E-state index contributed by atoms with van der Waals surface area (Å²) in [7, 11) is 0. The van der Waals surface area contributed by atoms with Crippen LogP contribution in [0.2, 0.25) is 5.02 Å². The SMILES string of the molecule is CC(C)(CO)C(=O)NCc1ccc(Cl)c(C(=O)O)c1F. The van der Waals surface area contributed by atoms with Crippen LogP contribution in [-0.2, 0) is 11.3 Å². The summed E-state index contributed by atoms with van der Waals surface area (Å²) in [6.45, 7) is 2.51. The van der Waals surface area contributed by atoms with Crippen LogP contribution in [0, 0.1) is 11.2 Å². The van der Waals surface area contributed by atoms with Crippen LogP contribution in [0.25, 0.3) is 0 Å². The molecule has 110 valence electrons. The summed E-state index contributed by atoms with van der Waals surface area (Å²) in [5.41, 5.74) is -1.62. The zero-order chi connectivity index (χ0) is 15.5. The van der Waals surface area contributed by atoms with Gasteiger partial charge in [0.1, 0.15) is 11.4 Å². The van der Waals surface area contributed by atoms with Crippen molar-refractivity contribution in [3.63, 3.8) is 0 Å². The summed E-state index contributed by atoms with van der Waals surface area (Å²) in [6.07, 6.45) is 0. The van der Waals surface area contributed by atoms with E-state index in [1.165, 1.54) is 26.0 Å². The summed E-state index contributed by atoms with van der Waals surface area (Å²) >= 11 is 5.61. The van der Waals surface area contributed by atoms with Crippen LogP contribution in [0.1, 0.15) is 29.8 Å². The van der Waals surface area contributed by atoms with Gasteiger partial charge in [-0.3, -0.25) is 4.79 Å². The Hall–Kier alpha value is -1.66. The third kappa shape index (κ3) is 3.46. The van der Waals surface area contributed by atoms with E-state index in [1.54, 1.807) is 0 Å². The van der Waals surface area contributed by atoms with Crippen molar-refractivity contribution in [2.24, 2.45) is 5.41 Å². The predicted octanol–water partition coefficient (Wildman–Crippen LogP) is 1.81. The van der Waals surface area contributed by atoms with Gasteiger partial charge in [0.25, 0.3) is 0 Å². The molecule has 0 aliphatic heterocycles. The van der Waals surface area contributed by atoms with E-state index in [4.69, 9.17) is 21.8 Å². The van der Waals surface area contributed by atoms with Crippen molar-refractivity contribution < 1.29 is 24.2 Å². The van der Waals surface area contributed by atoms with Gasteiger partial charge >= 0.3 is 5.97 Å². The van der Waals surface area contributed by atoms with Crippen molar-refractivity contribution in [2.45, 2.75) is 20.4 Å². The van der Waals surface area contributed by atoms with E-state index < -0.39 is 28.7 Å². The van der Waals surface area contributed by atoms with Crippen molar-refractivity contribution in [3.8, 4) is 0 Å². The quantitative estimate of drug-likeness (QED) is 0.774. The van der Waals surface area contributed by atoms with Gasteiger partial charge in [0.05, 0.1) is 17.0 Å². The second-order valence-electron chi connectivity index (χ2n) is 4.93. The van der Waals surface area contributed by atoms with Crippen molar-refractivity contribution in [1.29, 1.82) is 0 Å². The Labute approximate surface area is 120 Å². The number of amides is 1. The van der Waals surface area contributed by atoms with Crippen LogP contribution in [0.15, 0.2) is 12.1 Å². The maximum absolute atomic E-state index is 13.9. The zero-order valence-corrected chi connectivity index (χ0v) is 11.8. The van der Waals surface area contributed by atoms with Crippen LogP contribution in [0.4, 0.5) is 4.39 Å². The number of rotatable bonds is 5. The molecule has 0 atom stereocenters. The molecule has 0 radical (unpaired) electrons. The fourth-order valence-corrected chi connectivity index (χ4v) is 1.64. The predicted molar refractivity (Wildman–Crippen MR) is 71.1 cm³/mol. The van der Waals surface area contributed by atoms with Gasteiger partial charge in [-0.05, 0) is 19.9 Å². The normalized spacial score (nSPS) is 11.2. The van der Waals surface area contributed by atoms with E-state index in [1.807, 2.05) is 0 Å². The largest absolute Gasteiger partial charge is 0.478 e. The number of carboxylic acids is 1. The van der Waals surface area contributed by atoms with E-state index in [0.717, 1.165) is 0 Å². The van der Waals surface area contributed by atoms with Crippen LogP contribution in [0.3, 0.4) is 0 Å². The van der Waals surface area contributed by atoms with Gasteiger partial charge in [-0.2, -0.15) is 0 Å². The van der Waals surface area contributed by atoms with Gasteiger partial charge in [-0.1, -0.05) is 17.7 Å². The number of halogens is 2. The van der Waals surface area contributed by atoms with E-state index in [2.05, 4.69) is 5.32 Å². The van der Waals surface area contributed by atoms with Crippen molar-refractivity contribution >= 4 is 23.5 Å². The Morgan fingerprint density at radius 1 is 1.40 bits per heavy atom. The second-order valence-corrected chi connectivity index (χ2v) is 5.33. The number of aliphatic hydroxyl groups is 1. The highest BCUT2D eigenvalue weighted by Crippen LogP contribution is 2.23. The van der Waals surface area contributed by atoms with Gasteiger partial charge in [-0.25, -0.2) is 9.18 Å². The smallest absolute Gasteiger partial charge is 0.340 e. The first-order valence-electron chi connectivity index (χ1n) is 5.80. The first kappa shape index (κ1) is 16.4. The molecule has 7 heteroatoms. The molecule has 0 bridgehead atoms. The van der Waals surface area contributed by atoms with Gasteiger partial charge < -0.3 is 15.5 Å². The molecule has 1 aromatic rings. The Morgan fingerprint density at radius 2 is 2.00 bits per heavy atom. The van der Waals surface area contributed by atoms with E-state index in [9.17, 15) is 14.0 Å². The van der Waals surface area contributed by atoms with E-state index in [-0.39, 0.29) is 23.7 Å². The van der Waals surface area contributed by atoms with Crippen molar-refractivity contribution in [1.82, 2.24) is 5.32 Å². The lowest BCUT2D eigenvalue weighted by Crippen LogP contribution is -2.39. The first-order chi connectivity index (χ1) is 9.20. The second kappa shape index (κ2) is 6.19. The molecule has 0 aliphatic carbocycles. The average molecular weight is 304 g/mol. The molecule has 0 unspecified atom stereocenters. The molecule has 20 heavy (non-hydrogen) atoms. The maximum Gasteiger partial charge on any atom is 0.340 e. The number of hydrogen-bond acceptors (Lipinski definition) is 3. The van der Waals surface area contributed by atoms with Gasteiger partial charge in [0.2, 0.25) is 5.91 Å². The molecule has 0 fully saturated rings. The standard InChI is InChI=1S/C13H15ClFNO4/c1-13(2,6-17)12(20)16-5-7-3-4-8(14)9(10(7)15)11(18)19/h3-4,17H,5-6H2,1-2H3,(H,16,20)(H,18,19). The minimum absolute atomic E-state index is 0.00823. The van der Waals surface area contributed by atoms with Crippen molar-refractivity contribution in [2.75, 3.05) is 6.61 Å². The van der Waals surface area contributed by atoms with Crippen LogP contribution in [-0.4, -0.2) is 28.7 Å². The number of benzene rings is 1. The molecular weight excluding hydrogens is 289 g/mol. The van der Waals surface area contributed by atoms with E-state index in [0.29, 0.717) is 0 Å². The van der Waals surface area contributed by atoms with Crippen LogP contribution < -0.4 is 5.32 Å². The highest BCUT2D eigenvalue weighted by Gasteiger charge is 2.27. The summed E-state index contributed by atoms with van der Waals surface area (Å²) in [5.74, 6) is -2.92. The maximum atomic E-state index is 13.9. The molecule has 0 saturated heterocycles. The number of carboxylic acid groups (broad SMARTS) is 1. The molecule has 0 spiro atoms. The highest BCUT2D eigenvalue weighted by molar-refractivity contribution is 6.33. The Bertz CT molecular complexity index is 545. The number of aliphatic hydroxyl groups excluding tert-OH is 1. The monoisotopic (exact) mass is 303 g/mol. The lowest BCUT2D eigenvalue weighted by atomic mass is 9.93. The molecule has 1 aromatic carbocycles. The lowest BCUT2D eigenvalue weighted by Gasteiger charge is -2.20. The summed E-state index contributed by atoms with van der Waals surface area (Å²) in [5, 5.41) is 20.1. The molecule has 0 aromatic heterocycles. The number of carbonyl (C=O) groups is 2. The van der Waals surface area contributed by atoms with Crippen LogP contribution >= 0.6 is 11.6 Å². The number of carbonyl (C=O) groups excluding carboxylic acids is 1. The summed E-state index contributed by atoms with van der Waals surface area (Å²) in [6, 6.07) is 2.56. The highest BCUT2D eigenvalue weighted by atomic mass is 35.5. The molecule has 0 aliphatic rings. The molecule has 0 heterocycles. The fraction of sp³-hybridized carbons (Fsp3) is 0.385. The summed E-state index contributed by atoms with van der Waals surface area (Å²) in [4.78, 5) is 22.6. The molecular formula is C13H15ClFNO4. The summed E-state index contributed by atoms with van der Waals surface area (Å²) < 4.78 is 13.9. The fourth-order valence-electron chi connectivity index (χ4n) is 1.41. The molecule has 0 saturated carbocycles. The number of hydrogen-bond donors (Lipinski definition) is 3. The Morgan fingerprint density at radius 3 is 2.50 bits per heavy atom. The molecule has 1 rings (SSSR count). The van der Waals surface area contributed by atoms with Gasteiger partial charge in [-0.15, -0.1) is 0 Å².